The molecule has 0 aromatic heterocycles. The van der Waals surface area contributed by atoms with Gasteiger partial charge in [-0.2, -0.15) is 8.78 Å². The number of nitrogens with zero attached hydrogens (tertiary/aromatic N) is 1. The lowest BCUT2D eigenvalue weighted by Crippen LogP contribution is -2.42. The minimum absolute atomic E-state index is 0.0174. The third-order valence-electron chi connectivity index (χ3n) is 4.32. The van der Waals surface area contributed by atoms with Crippen LogP contribution in [0.2, 0.25) is 0 Å². The van der Waals surface area contributed by atoms with Gasteiger partial charge in [0.05, 0.1) is 0 Å². The van der Waals surface area contributed by atoms with Gasteiger partial charge in [-0.15, -0.1) is 0 Å². The van der Waals surface area contributed by atoms with E-state index >= 15 is 0 Å². The van der Waals surface area contributed by atoms with Crippen molar-refractivity contribution in [3.05, 3.63) is 29.8 Å². The van der Waals surface area contributed by atoms with Crippen molar-refractivity contribution in [3.63, 3.8) is 0 Å². The maximum absolute atomic E-state index is 12.7. The number of carbonyl (C=O) groups excluding carboxylic acids is 1. The number of ether oxygens (including phenoxy) is 1. The summed E-state index contributed by atoms with van der Waals surface area (Å²) < 4.78 is 28.9. The van der Waals surface area contributed by atoms with Crippen LogP contribution in [0.1, 0.15) is 23.7 Å². The average Bonchev–Trinajstić information content (AvgIpc) is 2.97. The largest absolute Gasteiger partial charge is 0.435 e. The van der Waals surface area contributed by atoms with Crippen LogP contribution in [0.3, 0.4) is 0 Å². The van der Waals surface area contributed by atoms with Crippen molar-refractivity contribution in [1.29, 1.82) is 0 Å². The van der Waals surface area contributed by atoms with Gasteiger partial charge in [-0.05, 0) is 37.5 Å². The first-order valence-electron chi connectivity index (χ1n) is 7.14. The Morgan fingerprint density at radius 3 is 3.00 bits per heavy atom. The molecule has 0 bridgehead atoms. The molecule has 0 spiro atoms. The molecular weight excluding hydrogens is 278 g/mol. The summed E-state index contributed by atoms with van der Waals surface area (Å²) in [7, 11) is 0. The topological polar surface area (TPSA) is 41.6 Å². The summed E-state index contributed by atoms with van der Waals surface area (Å²) in [6.45, 7) is 0.890. The molecule has 3 rings (SSSR count). The third kappa shape index (κ3) is 2.72. The van der Waals surface area contributed by atoms with Crippen molar-refractivity contribution in [3.8, 4) is 5.75 Å². The van der Waals surface area contributed by atoms with E-state index in [1.54, 1.807) is 12.1 Å². The number of hydrogen-bond donors (Lipinski definition) is 1. The van der Waals surface area contributed by atoms with Crippen LogP contribution in [-0.2, 0) is 0 Å². The molecule has 2 saturated heterocycles. The van der Waals surface area contributed by atoms with E-state index < -0.39 is 6.61 Å². The molecule has 0 radical (unpaired) electrons. The van der Waals surface area contributed by atoms with Gasteiger partial charge < -0.3 is 15.0 Å². The molecule has 3 unspecified atom stereocenters. The number of alkyl halides is 2. The highest BCUT2D eigenvalue weighted by Crippen LogP contribution is 2.33. The van der Waals surface area contributed by atoms with Crippen molar-refractivity contribution in [2.24, 2.45) is 5.92 Å². The minimum atomic E-state index is -2.88. The van der Waals surface area contributed by atoms with Gasteiger partial charge in [-0.1, -0.05) is 6.07 Å². The summed E-state index contributed by atoms with van der Waals surface area (Å²) in [4.78, 5) is 14.6. The zero-order chi connectivity index (χ0) is 15.0. The smallest absolute Gasteiger partial charge is 0.387 e. The molecule has 21 heavy (non-hydrogen) atoms. The quantitative estimate of drug-likeness (QED) is 0.929. The van der Waals surface area contributed by atoms with Crippen molar-refractivity contribution in [1.82, 2.24) is 10.2 Å². The van der Waals surface area contributed by atoms with E-state index in [9.17, 15) is 13.6 Å². The minimum Gasteiger partial charge on any atom is -0.435 e. The molecule has 2 aliphatic rings. The standard InChI is InChI=1S/C15H18F2N2O2/c1-9-5-11-7-18-8-13(11)19(9)14(20)10-3-2-4-12(6-10)21-15(16)17/h2-4,6,9,11,13,15,18H,5,7-8H2,1H3. The molecule has 1 aromatic rings. The highest BCUT2D eigenvalue weighted by molar-refractivity contribution is 5.95. The Balaban J connectivity index is 1.81. The van der Waals surface area contributed by atoms with Crippen LogP contribution in [0.25, 0.3) is 0 Å². The maximum Gasteiger partial charge on any atom is 0.387 e. The van der Waals surface area contributed by atoms with E-state index in [4.69, 9.17) is 0 Å². The number of amides is 1. The van der Waals surface area contributed by atoms with Crippen LogP contribution in [0.15, 0.2) is 24.3 Å². The SMILES string of the molecule is CC1CC2CNCC2N1C(=O)c1cccc(OC(F)F)c1. The number of likely N-dealkylation sites (tertiary alicyclic amines) is 1. The summed E-state index contributed by atoms with van der Waals surface area (Å²) in [5.74, 6) is 0.395. The molecule has 1 N–H and O–H groups in total. The first kappa shape index (κ1) is 14.3. The Morgan fingerprint density at radius 2 is 2.24 bits per heavy atom. The fourth-order valence-corrected chi connectivity index (χ4v) is 3.47. The number of nitrogens with one attached hydrogen (secondary N) is 1. The van der Waals surface area contributed by atoms with Crippen LogP contribution in [0, 0.1) is 5.92 Å². The molecule has 3 atom stereocenters. The van der Waals surface area contributed by atoms with Crippen molar-refractivity contribution >= 4 is 5.91 Å². The molecule has 4 nitrogen and oxygen atoms in total. The normalized spacial score (nSPS) is 28.0. The van der Waals surface area contributed by atoms with Gasteiger partial charge in [0.15, 0.2) is 0 Å². The van der Waals surface area contributed by atoms with Crippen LogP contribution in [0.5, 0.6) is 5.75 Å². The predicted octanol–water partition coefficient (Wildman–Crippen LogP) is 2.11. The van der Waals surface area contributed by atoms with E-state index in [0.717, 1.165) is 19.5 Å². The molecule has 6 heteroatoms. The summed E-state index contributed by atoms with van der Waals surface area (Å²) in [5, 5.41) is 3.30. The molecule has 1 aromatic carbocycles. The Bertz CT molecular complexity index is 538. The number of halogens is 2. The van der Waals surface area contributed by atoms with E-state index in [-0.39, 0.29) is 23.7 Å². The summed E-state index contributed by atoms with van der Waals surface area (Å²) in [6.07, 6.45) is 0.983. The number of hydrogen-bond acceptors (Lipinski definition) is 3. The molecular formula is C15H18F2N2O2. The van der Waals surface area contributed by atoms with Gasteiger partial charge in [-0.25, -0.2) is 0 Å². The predicted molar refractivity (Wildman–Crippen MR) is 73.5 cm³/mol. The van der Waals surface area contributed by atoms with Crippen molar-refractivity contribution in [2.45, 2.75) is 32.0 Å². The van der Waals surface area contributed by atoms with Crippen molar-refractivity contribution < 1.29 is 18.3 Å². The maximum atomic E-state index is 12.7. The van der Waals surface area contributed by atoms with Gasteiger partial charge in [0, 0.05) is 30.7 Å². The Hall–Kier alpha value is -1.69. The second kappa shape index (κ2) is 5.60. The fraction of sp³-hybridized carbons (Fsp3) is 0.533. The van der Waals surface area contributed by atoms with Gasteiger partial charge in [-0.3, -0.25) is 4.79 Å². The van der Waals surface area contributed by atoms with Crippen LogP contribution in [0.4, 0.5) is 8.78 Å². The molecule has 1 amide bonds. The summed E-state index contributed by atoms with van der Waals surface area (Å²) >= 11 is 0. The Labute approximate surface area is 122 Å². The summed E-state index contributed by atoms with van der Waals surface area (Å²) in [5.41, 5.74) is 0.396. The summed E-state index contributed by atoms with van der Waals surface area (Å²) in [6, 6.07) is 6.40. The molecule has 114 valence electrons. The van der Waals surface area contributed by atoms with Gasteiger partial charge in [0.2, 0.25) is 0 Å². The molecule has 2 heterocycles. The Kier molecular flexibility index (Phi) is 3.80. The van der Waals surface area contributed by atoms with E-state index in [0.29, 0.717) is 11.5 Å². The van der Waals surface area contributed by atoms with E-state index in [2.05, 4.69) is 10.1 Å². The lowest BCUT2D eigenvalue weighted by atomic mass is 10.0. The fourth-order valence-electron chi connectivity index (χ4n) is 3.47. The van der Waals surface area contributed by atoms with E-state index in [1.807, 2.05) is 11.8 Å². The molecule has 0 aliphatic carbocycles. The first-order chi connectivity index (χ1) is 10.1. The average molecular weight is 296 g/mol. The van der Waals surface area contributed by atoms with Gasteiger partial charge in [0.1, 0.15) is 5.75 Å². The highest BCUT2D eigenvalue weighted by Gasteiger charge is 2.44. The van der Waals surface area contributed by atoms with Crippen LogP contribution in [-0.4, -0.2) is 42.6 Å². The Morgan fingerprint density at radius 1 is 1.43 bits per heavy atom. The lowest BCUT2D eigenvalue weighted by Gasteiger charge is -2.27. The van der Waals surface area contributed by atoms with Crippen LogP contribution >= 0.6 is 0 Å². The zero-order valence-electron chi connectivity index (χ0n) is 11.8. The lowest BCUT2D eigenvalue weighted by molar-refractivity contribution is -0.0499. The molecule has 0 saturated carbocycles. The monoisotopic (exact) mass is 296 g/mol. The number of benzene rings is 1. The number of fused-ring (bicyclic) bond motifs is 1. The second-order valence-electron chi connectivity index (χ2n) is 5.69. The molecule has 2 aliphatic heterocycles. The van der Waals surface area contributed by atoms with Crippen LogP contribution < -0.4 is 10.1 Å². The first-order valence-corrected chi connectivity index (χ1v) is 7.14. The number of rotatable bonds is 3. The highest BCUT2D eigenvalue weighted by atomic mass is 19.3. The second-order valence-corrected chi connectivity index (χ2v) is 5.69. The van der Waals surface area contributed by atoms with E-state index in [1.165, 1.54) is 12.1 Å². The zero-order valence-corrected chi connectivity index (χ0v) is 11.8. The third-order valence-corrected chi connectivity index (χ3v) is 4.32. The van der Waals surface area contributed by atoms with Gasteiger partial charge in [0.25, 0.3) is 5.91 Å². The number of carbonyl (C=O) groups is 1. The van der Waals surface area contributed by atoms with Gasteiger partial charge >= 0.3 is 6.61 Å². The molecule has 2 fully saturated rings. The van der Waals surface area contributed by atoms with Crippen molar-refractivity contribution in [2.75, 3.05) is 13.1 Å².